The Labute approximate surface area is 164 Å². The quantitative estimate of drug-likeness (QED) is 0.656. The Morgan fingerprint density at radius 3 is 2.89 bits per heavy atom. The Kier molecular flexibility index (Phi) is 5.00. The highest BCUT2D eigenvalue weighted by molar-refractivity contribution is 8.03. The van der Waals surface area contributed by atoms with Crippen molar-refractivity contribution < 1.29 is 14.3 Å². The van der Waals surface area contributed by atoms with Gasteiger partial charge in [0.2, 0.25) is 0 Å². The number of methoxy groups -OCH3 is 1. The Hall–Kier alpha value is -2.58. The lowest BCUT2D eigenvalue weighted by atomic mass is 10.0. The molecule has 0 bridgehead atoms. The Morgan fingerprint density at radius 2 is 2.11 bits per heavy atom. The summed E-state index contributed by atoms with van der Waals surface area (Å²) in [7, 11) is 1.37. The number of rotatable bonds is 5. The number of hydrogen-bond donors (Lipinski definition) is 1. The van der Waals surface area contributed by atoms with Crippen LogP contribution in [0.1, 0.15) is 4.88 Å². The van der Waals surface area contributed by atoms with Crippen molar-refractivity contribution in [3.63, 3.8) is 0 Å². The SMILES string of the molecule is COC(=O)C1=CSC(COc2ccc3ccccc3c2-c2nnsc2C)N1. The highest BCUT2D eigenvalue weighted by Gasteiger charge is 2.24. The molecule has 27 heavy (non-hydrogen) atoms. The standard InChI is InChI=1S/C19H17N3O3S2/c1-11-18(21-22-27-11)17-13-6-4-3-5-12(13)7-8-15(17)25-9-16-20-14(10-26-16)19(23)24-2/h3-8,10,16,20H,9H2,1-2H3. The van der Waals surface area contributed by atoms with Crippen LogP contribution in [0.2, 0.25) is 0 Å². The molecule has 6 nitrogen and oxygen atoms in total. The van der Waals surface area contributed by atoms with Crippen LogP contribution >= 0.6 is 23.3 Å². The first kappa shape index (κ1) is 17.8. The number of aromatic nitrogens is 2. The summed E-state index contributed by atoms with van der Waals surface area (Å²) in [6, 6.07) is 12.2. The first-order valence-electron chi connectivity index (χ1n) is 8.31. The highest BCUT2D eigenvalue weighted by Crippen LogP contribution is 2.38. The van der Waals surface area contributed by atoms with E-state index in [-0.39, 0.29) is 11.3 Å². The fourth-order valence-corrected chi connectivity index (χ4v) is 4.21. The van der Waals surface area contributed by atoms with Gasteiger partial charge < -0.3 is 14.8 Å². The highest BCUT2D eigenvalue weighted by atomic mass is 32.2. The van der Waals surface area contributed by atoms with Crippen molar-refractivity contribution in [1.82, 2.24) is 14.9 Å². The maximum absolute atomic E-state index is 11.6. The summed E-state index contributed by atoms with van der Waals surface area (Å²) in [4.78, 5) is 12.6. The maximum atomic E-state index is 11.6. The second kappa shape index (κ2) is 7.58. The zero-order valence-electron chi connectivity index (χ0n) is 14.8. The summed E-state index contributed by atoms with van der Waals surface area (Å²) >= 11 is 2.87. The van der Waals surface area contributed by atoms with Crippen LogP contribution in [0.3, 0.4) is 0 Å². The average molecular weight is 399 g/mol. The van der Waals surface area contributed by atoms with Crippen LogP contribution in [-0.2, 0) is 9.53 Å². The van der Waals surface area contributed by atoms with Crippen LogP contribution in [0, 0.1) is 6.92 Å². The minimum atomic E-state index is -0.374. The molecule has 0 spiro atoms. The molecule has 1 N–H and O–H groups in total. The van der Waals surface area contributed by atoms with Gasteiger partial charge in [-0.1, -0.05) is 34.8 Å². The predicted molar refractivity (Wildman–Crippen MR) is 108 cm³/mol. The molecule has 0 fully saturated rings. The average Bonchev–Trinajstić information content (AvgIpc) is 3.34. The number of esters is 1. The molecule has 0 saturated heterocycles. The molecule has 138 valence electrons. The molecule has 3 aromatic rings. The number of carbonyl (C=O) groups excluding carboxylic acids is 1. The van der Waals surface area contributed by atoms with Crippen molar-refractivity contribution in [3.05, 3.63) is 52.4 Å². The normalized spacial score (nSPS) is 16.1. The number of carbonyl (C=O) groups is 1. The second-order valence-corrected chi connectivity index (χ2v) is 7.98. The molecule has 4 rings (SSSR count). The van der Waals surface area contributed by atoms with E-state index < -0.39 is 0 Å². The molecule has 0 radical (unpaired) electrons. The van der Waals surface area contributed by atoms with Gasteiger partial charge >= 0.3 is 5.97 Å². The van der Waals surface area contributed by atoms with E-state index in [2.05, 4.69) is 27.0 Å². The van der Waals surface area contributed by atoms with E-state index in [4.69, 9.17) is 9.47 Å². The minimum Gasteiger partial charge on any atom is -0.490 e. The molecule has 0 aliphatic carbocycles. The van der Waals surface area contributed by atoms with Crippen LogP contribution in [0.25, 0.3) is 22.0 Å². The smallest absolute Gasteiger partial charge is 0.354 e. The van der Waals surface area contributed by atoms with Crippen molar-refractivity contribution in [2.45, 2.75) is 12.3 Å². The van der Waals surface area contributed by atoms with Crippen molar-refractivity contribution >= 4 is 40.0 Å². The topological polar surface area (TPSA) is 73.3 Å². The van der Waals surface area contributed by atoms with E-state index in [1.165, 1.54) is 30.4 Å². The number of thioether (sulfide) groups is 1. The number of ether oxygens (including phenoxy) is 2. The van der Waals surface area contributed by atoms with Crippen LogP contribution in [0.4, 0.5) is 0 Å². The lowest BCUT2D eigenvalue weighted by Crippen LogP contribution is -2.30. The van der Waals surface area contributed by atoms with Gasteiger partial charge in [-0.05, 0) is 35.3 Å². The van der Waals surface area contributed by atoms with Gasteiger partial charge in [0.05, 0.1) is 17.6 Å². The van der Waals surface area contributed by atoms with Gasteiger partial charge in [0.25, 0.3) is 0 Å². The van der Waals surface area contributed by atoms with Crippen molar-refractivity contribution in [2.24, 2.45) is 0 Å². The fourth-order valence-electron chi connectivity index (χ4n) is 2.93. The van der Waals surface area contributed by atoms with Gasteiger partial charge in [-0.25, -0.2) is 4.79 Å². The van der Waals surface area contributed by atoms with Gasteiger partial charge in [-0.3, -0.25) is 0 Å². The van der Waals surface area contributed by atoms with Crippen LogP contribution in [0.15, 0.2) is 47.5 Å². The fraction of sp³-hybridized carbons (Fsp3) is 0.211. The van der Waals surface area contributed by atoms with Crippen molar-refractivity contribution in [2.75, 3.05) is 13.7 Å². The summed E-state index contributed by atoms with van der Waals surface area (Å²) in [6.07, 6.45) is 0. The van der Waals surface area contributed by atoms with Gasteiger partial charge in [-0.15, -0.1) is 16.9 Å². The van der Waals surface area contributed by atoms with Crippen LogP contribution in [-0.4, -0.2) is 34.6 Å². The first-order valence-corrected chi connectivity index (χ1v) is 10.0. The van der Waals surface area contributed by atoms with E-state index in [1.807, 2.05) is 31.2 Å². The lowest BCUT2D eigenvalue weighted by molar-refractivity contribution is -0.136. The summed E-state index contributed by atoms with van der Waals surface area (Å²) in [5.74, 6) is 0.374. The number of benzene rings is 2. The van der Waals surface area contributed by atoms with E-state index in [9.17, 15) is 4.79 Å². The first-order chi connectivity index (χ1) is 13.2. The lowest BCUT2D eigenvalue weighted by Gasteiger charge is -2.17. The molecule has 2 heterocycles. The van der Waals surface area contributed by atoms with Crippen molar-refractivity contribution in [1.29, 1.82) is 0 Å². The molecule has 8 heteroatoms. The number of hydrogen-bond acceptors (Lipinski definition) is 8. The molecular weight excluding hydrogens is 382 g/mol. The molecule has 0 amide bonds. The third-order valence-corrected chi connectivity index (χ3v) is 5.83. The minimum absolute atomic E-state index is 0.0620. The monoisotopic (exact) mass is 399 g/mol. The molecule has 0 saturated carbocycles. The summed E-state index contributed by atoms with van der Waals surface area (Å²) < 4.78 is 15.0. The van der Waals surface area contributed by atoms with Gasteiger partial charge in [0, 0.05) is 5.41 Å². The largest absolute Gasteiger partial charge is 0.490 e. The van der Waals surface area contributed by atoms with E-state index in [0.717, 1.165) is 32.7 Å². The number of fused-ring (bicyclic) bond motifs is 1. The Balaban J connectivity index is 1.61. The molecule has 2 aromatic carbocycles. The van der Waals surface area contributed by atoms with Crippen molar-refractivity contribution in [3.8, 4) is 17.0 Å². The van der Waals surface area contributed by atoms with Gasteiger partial charge in [0.1, 0.15) is 29.1 Å². The zero-order chi connectivity index (χ0) is 18.8. The third-order valence-electron chi connectivity index (χ3n) is 4.24. The molecule has 1 unspecified atom stereocenters. The number of aryl methyl sites for hydroxylation is 1. The third kappa shape index (κ3) is 3.50. The maximum Gasteiger partial charge on any atom is 0.354 e. The number of nitrogens with zero attached hydrogens (tertiary/aromatic N) is 2. The second-order valence-electron chi connectivity index (χ2n) is 5.94. The number of nitrogens with one attached hydrogen (secondary N) is 1. The zero-order valence-corrected chi connectivity index (χ0v) is 16.4. The Morgan fingerprint density at radius 1 is 1.26 bits per heavy atom. The van der Waals surface area contributed by atoms with Crippen LogP contribution < -0.4 is 10.1 Å². The predicted octanol–water partition coefficient (Wildman–Crippen LogP) is 3.72. The molecular formula is C19H17N3O3S2. The summed E-state index contributed by atoms with van der Waals surface area (Å²) in [5.41, 5.74) is 2.24. The summed E-state index contributed by atoms with van der Waals surface area (Å²) in [6.45, 7) is 2.40. The van der Waals surface area contributed by atoms with E-state index in [0.29, 0.717) is 12.3 Å². The van der Waals surface area contributed by atoms with E-state index >= 15 is 0 Å². The molecule has 1 aliphatic heterocycles. The molecule has 1 aliphatic rings. The van der Waals surface area contributed by atoms with Crippen LogP contribution in [0.5, 0.6) is 5.75 Å². The Bertz CT molecular complexity index is 1030. The van der Waals surface area contributed by atoms with Gasteiger partial charge in [-0.2, -0.15) is 0 Å². The van der Waals surface area contributed by atoms with Gasteiger partial charge in [0.15, 0.2) is 0 Å². The van der Waals surface area contributed by atoms with E-state index in [1.54, 1.807) is 5.41 Å². The summed E-state index contributed by atoms with van der Waals surface area (Å²) in [5, 5.41) is 11.3. The molecule has 1 atom stereocenters. The molecule has 1 aromatic heterocycles.